The highest BCUT2D eigenvalue weighted by Gasteiger charge is 2.50. The Balaban J connectivity index is 2.97. The maximum Gasteiger partial charge on any atom is 0.328 e. The van der Waals surface area contributed by atoms with E-state index in [-0.39, 0.29) is 5.92 Å². The normalized spacial score (nSPS) is 19.2. The summed E-state index contributed by atoms with van der Waals surface area (Å²) in [7, 11) is 0. The molecule has 0 aromatic rings. The Morgan fingerprint density at radius 2 is 1.71 bits per heavy atom. The first-order chi connectivity index (χ1) is 7.92. The third-order valence-electron chi connectivity index (χ3n) is 2.63. The number of hydrogen-bond acceptors (Lipinski definition) is 4. The number of nitrogens with one attached hydrogen (secondary N) is 2. The first kappa shape index (κ1) is 14.0. The average Bonchev–Trinajstić information content (AvgIpc) is 2.21. The number of imide groups is 2. The number of carbonyl (C=O) groups excluding carboxylic acids is 3. The van der Waals surface area contributed by atoms with E-state index in [2.05, 4.69) is 10.6 Å². The Kier molecular flexibility index (Phi) is 4.56. The molecule has 0 aromatic carbocycles. The van der Waals surface area contributed by atoms with E-state index in [1.54, 1.807) is 0 Å². The molecule has 0 unspecified atom stereocenters. The van der Waals surface area contributed by atoms with Crippen LogP contribution >= 0.6 is 11.8 Å². The van der Waals surface area contributed by atoms with Gasteiger partial charge in [0, 0.05) is 5.75 Å². The van der Waals surface area contributed by atoms with E-state index in [1.807, 2.05) is 20.8 Å². The van der Waals surface area contributed by atoms with Crippen molar-refractivity contribution in [1.82, 2.24) is 10.6 Å². The van der Waals surface area contributed by atoms with E-state index in [1.165, 1.54) is 11.8 Å². The lowest BCUT2D eigenvalue weighted by atomic mass is 9.79. The number of urea groups is 1. The standard InChI is InChI=1S/C11H18N2O3S/c1-4-17-6-11(5-7(2)3)8(14)12-10(16)13-9(11)15/h7H,4-6H2,1-3H3,(H2,12,13,14,15,16). The molecule has 0 saturated carbocycles. The molecule has 0 aliphatic carbocycles. The SMILES string of the molecule is CCSCC1(CC(C)C)C(=O)NC(=O)NC1=O. The maximum absolute atomic E-state index is 12.0. The molecule has 0 spiro atoms. The van der Waals surface area contributed by atoms with Gasteiger partial charge in [0.25, 0.3) is 0 Å². The van der Waals surface area contributed by atoms with Crippen molar-refractivity contribution in [2.45, 2.75) is 27.2 Å². The first-order valence-corrected chi connectivity index (χ1v) is 6.82. The number of thioether (sulfide) groups is 1. The van der Waals surface area contributed by atoms with Crippen LogP contribution in [-0.2, 0) is 9.59 Å². The van der Waals surface area contributed by atoms with E-state index < -0.39 is 23.3 Å². The Morgan fingerprint density at radius 1 is 1.18 bits per heavy atom. The van der Waals surface area contributed by atoms with Gasteiger partial charge in [0.15, 0.2) is 0 Å². The summed E-state index contributed by atoms with van der Waals surface area (Å²) in [4.78, 5) is 35.0. The largest absolute Gasteiger partial charge is 0.328 e. The monoisotopic (exact) mass is 258 g/mol. The molecular weight excluding hydrogens is 240 g/mol. The van der Waals surface area contributed by atoms with Gasteiger partial charge in [-0.3, -0.25) is 20.2 Å². The molecule has 6 heteroatoms. The van der Waals surface area contributed by atoms with Crippen molar-refractivity contribution in [1.29, 1.82) is 0 Å². The lowest BCUT2D eigenvalue weighted by Gasteiger charge is -2.34. The summed E-state index contributed by atoms with van der Waals surface area (Å²) in [5, 5.41) is 4.38. The summed E-state index contributed by atoms with van der Waals surface area (Å²) in [5.74, 6) is 0.500. The van der Waals surface area contributed by atoms with Crippen LogP contribution in [0, 0.1) is 11.3 Å². The van der Waals surface area contributed by atoms with Crippen LogP contribution in [0.15, 0.2) is 0 Å². The number of barbiturate groups is 1. The molecule has 1 saturated heterocycles. The first-order valence-electron chi connectivity index (χ1n) is 5.67. The van der Waals surface area contributed by atoms with Crippen molar-refractivity contribution in [2.24, 2.45) is 11.3 Å². The molecule has 1 aliphatic heterocycles. The molecule has 0 bridgehead atoms. The molecule has 17 heavy (non-hydrogen) atoms. The fourth-order valence-electron chi connectivity index (χ4n) is 1.93. The number of rotatable bonds is 5. The molecule has 0 atom stereocenters. The van der Waals surface area contributed by atoms with E-state index in [0.29, 0.717) is 12.2 Å². The van der Waals surface area contributed by atoms with Gasteiger partial charge in [-0.1, -0.05) is 20.8 Å². The van der Waals surface area contributed by atoms with Crippen LogP contribution in [0.1, 0.15) is 27.2 Å². The maximum atomic E-state index is 12.0. The van der Waals surface area contributed by atoms with Gasteiger partial charge >= 0.3 is 6.03 Å². The molecule has 0 radical (unpaired) electrons. The van der Waals surface area contributed by atoms with Crippen LogP contribution < -0.4 is 10.6 Å². The fourth-order valence-corrected chi connectivity index (χ4v) is 2.86. The molecule has 1 rings (SSSR count). The molecule has 5 nitrogen and oxygen atoms in total. The molecule has 4 amide bonds. The number of hydrogen-bond donors (Lipinski definition) is 2. The molecule has 0 aromatic heterocycles. The van der Waals surface area contributed by atoms with Gasteiger partial charge < -0.3 is 0 Å². The summed E-state index contributed by atoms with van der Waals surface area (Å²) in [5.41, 5.74) is -1.11. The van der Waals surface area contributed by atoms with E-state index >= 15 is 0 Å². The van der Waals surface area contributed by atoms with Crippen LogP contribution in [0.25, 0.3) is 0 Å². The molecule has 2 N–H and O–H groups in total. The average molecular weight is 258 g/mol. The second kappa shape index (κ2) is 5.53. The summed E-state index contributed by atoms with van der Waals surface area (Å²) in [6.07, 6.45) is 0.449. The fraction of sp³-hybridized carbons (Fsp3) is 0.727. The summed E-state index contributed by atoms with van der Waals surface area (Å²) < 4.78 is 0. The van der Waals surface area contributed by atoms with Crippen molar-refractivity contribution in [3.8, 4) is 0 Å². The van der Waals surface area contributed by atoms with Crippen LogP contribution in [-0.4, -0.2) is 29.4 Å². The second-order valence-corrected chi connectivity index (χ2v) is 5.83. The third-order valence-corrected chi connectivity index (χ3v) is 3.74. The zero-order chi connectivity index (χ0) is 13.1. The van der Waals surface area contributed by atoms with Gasteiger partial charge in [0.1, 0.15) is 5.41 Å². The third kappa shape index (κ3) is 3.00. The summed E-state index contributed by atoms with van der Waals surface area (Å²) in [6, 6.07) is -0.721. The highest BCUT2D eigenvalue weighted by Crippen LogP contribution is 2.33. The van der Waals surface area contributed by atoms with Gasteiger partial charge in [-0.2, -0.15) is 11.8 Å². The summed E-state index contributed by atoms with van der Waals surface area (Å²) >= 11 is 1.53. The van der Waals surface area contributed by atoms with Crippen molar-refractivity contribution < 1.29 is 14.4 Å². The minimum Gasteiger partial charge on any atom is -0.277 e. The molecular formula is C11H18N2O3S. The Hall–Kier alpha value is -1.04. The van der Waals surface area contributed by atoms with Crippen molar-refractivity contribution in [2.75, 3.05) is 11.5 Å². The predicted molar refractivity (Wildman–Crippen MR) is 66.6 cm³/mol. The zero-order valence-corrected chi connectivity index (χ0v) is 11.1. The minimum atomic E-state index is -1.11. The highest BCUT2D eigenvalue weighted by atomic mass is 32.2. The number of amides is 4. The predicted octanol–water partition coefficient (Wildman–Crippen LogP) is 1.14. The van der Waals surface area contributed by atoms with Gasteiger partial charge in [-0.15, -0.1) is 0 Å². The molecule has 96 valence electrons. The Morgan fingerprint density at radius 3 is 2.12 bits per heavy atom. The van der Waals surface area contributed by atoms with Crippen molar-refractivity contribution in [3.05, 3.63) is 0 Å². The van der Waals surface area contributed by atoms with Gasteiger partial charge in [-0.25, -0.2) is 4.79 Å². The lowest BCUT2D eigenvalue weighted by Crippen LogP contribution is -2.63. The van der Waals surface area contributed by atoms with Crippen molar-refractivity contribution >= 4 is 29.6 Å². The van der Waals surface area contributed by atoms with Crippen LogP contribution in [0.5, 0.6) is 0 Å². The Labute approximate surface area is 105 Å². The minimum absolute atomic E-state index is 0.206. The summed E-state index contributed by atoms with van der Waals surface area (Å²) in [6.45, 7) is 5.88. The lowest BCUT2D eigenvalue weighted by molar-refractivity contribution is -0.143. The van der Waals surface area contributed by atoms with Gasteiger partial charge in [0.2, 0.25) is 11.8 Å². The van der Waals surface area contributed by atoms with E-state index in [4.69, 9.17) is 0 Å². The van der Waals surface area contributed by atoms with Gasteiger partial charge in [0.05, 0.1) is 0 Å². The van der Waals surface area contributed by atoms with Gasteiger partial charge in [-0.05, 0) is 18.1 Å². The second-order valence-electron chi connectivity index (χ2n) is 4.55. The smallest absolute Gasteiger partial charge is 0.277 e. The van der Waals surface area contributed by atoms with E-state index in [0.717, 1.165) is 5.75 Å². The number of carbonyl (C=O) groups is 3. The van der Waals surface area contributed by atoms with Crippen LogP contribution in [0.4, 0.5) is 4.79 Å². The van der Waals surface area contributed by atoms with Crippen LogP contribution in [0.3, 0.4) is 0 Å². The van der Waals surface area contributed by atoms with Crippen molar-refractivity contribution in [3.63, 3.8) is 0 Å². The topological polar surface area (TPSA) is 75.3 Å². The Bertz CT molecular complexity index is 322. The molecule has 1 heterocycles. The highest BCUT2D eigenvalue weighted by molar-refractivity contribution is 7.99. The molecule has 1 fully saturated rings. The van der Waals surface area contributed by atoms with Crippen LogP contribution in [0.2, 0.25) is 0 Å². The van der Waals surface area contributed by atoms with E-state index in [9.17, 15) is 14.4 Å². The zero-order valence-electron chi connectivity index (χ0n) is 10.3. The molecule has 1 aliphatic rings. The quantitative estimate of drug-likeness (QED) is 0.725.